The lowest BCUT2D eigenvalue weighted by molar-refractivity contribution is -0.141. The number of amides is 2. The SMILES string of the molecule is C[C@@H](NC(=O)Cc1csc(N2CCCC2=O)n1)C(=O)O. The Morgan fingerprint density at radius 1 is 1.60 bits per heavy atom. The van der Waals surface area contributed by atoms with Crippen LogP contribution in [-0.4, -0.2) is 40.5 Å². The number of aromatic nitrogens is 1. The van der Waals surface area contributed by atoms with Crippen molar-refractivity contribution >= 4 is 34.3 Å². The van der Waals surface area contributed by atoms with E-state index in [4.69, 9.17) is 5.11 Å². The molecule has 7 nitrogen and oxygen atoms in total. The molecule has 0 spiro atoms. The molecule has 2 rings (SSSR count). The van der Waals surface area contributed by atoms with Crippen LogP contribution in [0.1, 0.15) is 25.5 Å². The largest absolute Gasteiger partial charge is 0.480 e. The topological polar surface area (TPSA) is 99.6 Å². The smallest absolute Gasteiger partial charge is 0.325 e. The summed E-state index contributed by atoms with van der Waals surface area (Å²) in [7, 11) is 0. The minimum atomic E-state index is -1.08. The van der Waals surface area contributed by atoms with Crippen molar-refractivity contribution in [2.24, 2.45) is 0 Å². The van der Waals surface area contributed by atoms with Crippen LogP contribution in [0.5, 0.6) is 0 Å². The Morgan fingerprint density at radius 3 is 2.95 bits per heavy atom. The van der Waals surface area contributed by atoms with Crippen molar-refractivity contribution in [2.45, 2.75) is 32.2 Å². The maximum Gasteiger partial charge on any atom is 0.325 e. The molecule has 1 saturated heterocycles. The average molecular weight is 297 g/mol. The van der Waals surface area contributed by atoms with E-state index < -0.39 is 17.9 Å². The number of aliphatic carboxylic acids is 1. The highest BCUT2D eigenvalue weighted by atomic mass is 32.1. The van der Waals surface area contributed by atoms with Crippen LogP contribution in [-0.2, 0) is 20.8 Å². The van der Waals surface area contributed by atoms with E-state index in [1.54, 1.807) is 10.3 Å². The summed E-state index contributed by atoms with van der Waals surface area (Å²) < 4.78 is 0. The van der Waals surface area contributed by atoms with Crippen molar-refractivity contribution < 1.29 is 19.5 Å². The number of carboxylic acid groups (broad SMARTS) is 1. The molecule has 1 aromatic heterocycles. The second-order valence-electron chi connectivity index (χ2n) is 4.57. The molecule has 2 amide bonds. The minimum Gasteiger partial charge on any atom is -0.480 e. The summed E-state index contributed by atoms with van der Waals surface area (Å²) in [4.78, 5) is 39.7. The van der Waals surface area contributed by atoms with Gasteiger partial charge < -0.3 is 10.4 Å². The number of anilines is 1. The van der Waals surface area contributed by atoms with Crippen LogP contribution >= 0.6 is 11.3 Å². The van der Waals surface area contributed by atoms with E-state index in [9.17, 15) is 14.4 Å². The number of hydrogen-bond acceptors (Lipinski definition) is 5. The summed E-state index contributed by atoms with van der Waals surface area (Å²) in [5.41, 5.74) is 0.541. The summed E-state index contributed by atoms with van der Waals surface area (Å²) in [5, 5.41) is 13.4. The first kappa shape index (κ1) is 14.4. The first-order chi connectivity index (χ1) is 9.47. The van der Waals surface area contributed by atoms with Gasteiger partial charge in [-0.25, -0.2) is 4.98 Å². The maximum atomic E-state index is 11.6. The molecule has 8 heteroatoms. The van der Waals surface area contributed by atoms with E-state index in [1.165, 1.54) is 18.3 Å². The fraction of sp³-hybridized carbons (Fsp3) is 0.500. The second kappa shape index (κ2) is 6.00. The van der Waals surface area contributed by atoms with Gasteiger partial charge in [0.05, 0.1) is 12.1 Å². The van der Waals surface area contributed by atoms with Crippen molar-refractivity contribution in [2.75, 3.05) is 11.4 Å². The molecule has 1 aliphatic heterocycles. The number of rotatable bonds is 5. The van der Waals surface area contributed by atoms with E-state index in [0.717, 1.165) is 6.42 Å². The zero-order valence-corrected chi connectivity index (χ0v) is 11.8. The van der Waals surface area contributed by atoms with Gasteiger partial charge in [0.1, 0.15) is 6.04 Å². The Hall–Kier alpha value is -1.96. The standard InChI is InChI=1S/C12H15N3O4S/c1-7(11(18)19)13-9(16)5-8-6-20-12(14-8)15-4-2-3-10(15)17/h6-7H,2-5H2,1H3,(H,13,16)(H,18,19)/t7-/m1/s1. The molecule has 108 valence electrons. The van der Waals surface area contributed by atoms with E-state index in [1.807, 2.05) is 0 Å². The Morgan fingerprint density at radius 2 is 2.35 bits per heavy atom. The van der Waals surface area contributed by atoms with Gasteiger partial charge in [-0.2, -0.15) is 0 Å². The number of nitrogens with zero attached hydrogens (tertiary/aromatic N) is 2. The van der Waals surface area contributed by atoms with Gasteiger partial charge in [0, 0.05) is 18.3 Å². The van der Waals surface area contributed by atoms with Gasteiger partial charge >= 0.3 is 5.97 Å². The Kier molecular flexibility index (Phi) is 4.33. The van der Waals surface area contributed by atoms with Crippen LogP contribution in [0.25, 0.3) is 0 Å². The first-order valence-corrected chi connectivity index (χ1v) is 7.12. The van der Waals surface area contributed by atoms with E-state index in [0.29, 0.717) is 23.8 Å². The molecule has 1 aliphatic rings. The molecular weight excluding hydrogens is 282 g/mol. The van der Waals surface area contributed by atoms with Crippen LogP contribution in [0, 0.1) is 0 Å². The predicted molar refractivity (Wildman–Crippen MR) is 72.6 cm³/mol. The molecule has 2 N–H and O–H groups in total. The highest BCUT2D eigenvalue weighted by molar-refractivity contribution is 7.14. The predicted octanol–water partition coefficient (Wildman–Crippen LogP) is 0.402. The van der Waals surface area contributed by atoms with Gasteiger partial charge in [0.25, 0.3) is 0 Å². The second-order valence-corrected chi connectivity index (χ2v) is 5.41. The van der Waals surface area contributed by atoms with Crippen LogP contribution in [0.15, 0.2) is 5.38 Å². The van der Waals surface area contributed by atoms with Crippen molar-refractivity contribution in [1.29, 1.82) is 0 Å². The van der Waals surface area contributed by atoms with Crippen molar-refractivity contribution in [3.63, 3.8) is 0 Å². The number of hydrogen-bond donors (Lipinski definition) is 2. The molecule has 0 radical (unpaired) electrons. The van der Waals surface area contributed by atoms with Gasteiger partial charge in [-0.15, -0.1) is 11.3 Å². The van der Waals surface area contributed by atoms with Crippen molar-refractivity contribution in [3.8, 4) is 0 Å². The summed E-state index contributed by atoms with van der Waals surface area (Å²) in [6.07, 6.45) is 1.37. The number of thiazole rings is 1. The van der Waals surface area contributed by atoms with E-state index in [-0.39, 0.29) is 12.3 Å². The molecule has 20 heavy (non-hydrogen) atoms. The number of nitrogens with one attached hydrogen (secondary N) is 1. The molecule has 0 unspecified atom stereocenters. The first-order valence-electron chi connectivity index (χ1n) is 6.24. The van der Waals surface area contributed by atoms with Crippen molar-refractivity contribution in [1.82, 2.24) is 10.3 Å². The number of carbonyl (C=O) groups is 3. The number of carboxylic acids is 1. The van der Waals surface area contributed by atoms with Gasteiger partial charge in [0.2, 0.25) is 11.8 Å². The lowest BCUT2D eigenvalue weighted by Crippen LogP contribution is -2.39. The number of carbonyl (C=O) groups excluding carboxylic acids is 2. The Bertz CT molecular complexity index is 543. The molecule has 2 heterocycles. The van der Waals surface area contributed by atoms with Gasteiger partial charge in [-0.05, 0) is 13.3 Å². The Labute approximate surface area is 119 Å². The Balaban J connectivity index is 1.94. The quantitative estimate of drug-likeness (QED) is 0.819. The van der Waals surface area contributed by atoms with E-state index >= 15 is 0 Å². The molecule has 0 aromatic carbocycles. The monoisotopic (exact) mass is 297 g/mol. The highest BCUT2D eigenvalue weighted by Crippen LogP contribution is 2.25. The molecule has 0 bridgehead atoms. The van der Waals surface area contributed by atoms with Gasteiger partial charge in [-0.3, -0.25) is 19.3 Å². The normalized spacial score (nSPS) is 16.2. The summed E-state index contributed by atoms with van der Waals surface area (Å²) in [5.74, 6) is -1.43. The minimum absolute atomic E-state index is 0.0101. The van der Waals surface area contributed by atoms with E-state index in [2.05, 4.69) is 10.3 Å². The summed E-state index contributed by atoms with van der Waals surface area (Å²) in [6, 6.07) is -0.930. The highest BCUT2D eigenvalue weighted by Gasteiger charge is 2.24. The zero-order chi connectivity index (χ0) is 14.7. The molecule has 1 aromatic rings. The zero-order valence-electron chi connectivity index (χ0n) is 11.0. The van der Waals surface area contributed by atoms with Crippen molar-refractivity contribution in [3.05, 3.63) is 11.1 Å². The van der Waals surface area contributed by atoms with Gasteiger partial charge in [0.15, 0.2) is 5.13 Å². The molecule has 1 atom stereocenters. The fourth-order valence-electron chi connectivity index (χ4n) is 1.87. The fourth-order valence-corrected chi connectivity index (χ4v) is 2.74. The van der Waals surface area contributed by atoms with Crippen LogP contribution in [0.4, 0.5) is 5.13 Å². The maximum absolute atomic E-state index is 11.6. The summed E-state index contributed by atoms with van der Waals surface area (Å²) >= 11 is 1.32. The lowest BCUT2D eigenvalue weighted by atomic mass is 10.3. The van der Waals surface area contributed by atoms with Gasteiger partial charge in [-0.1, -0.05) is 0 Å². The molecule has 0 aliphatic carbocycles. The third kappa shape index (κ3) is 3.32. The third-order valence-corrected chi connectivity index (χ3v) is 3.85. The lowest BCUT2D eigenvalue weighted by Gasteiger charge is -2.10. The summed E-state index contributed by atoms with van der Waals surface area (Å²) in [6.45, 7) is 2.06. The molecule has 0 saturated carbocycles. The molecular formula is C12H15N3O4S. The average Bonchev–Trinajstić information content (AvgIpc) is 2.97. The molecule has 1 fully saturated rings. The third-order valence-electron chi connectivity index (χ3n) is 2.93. The van der Waals surface area contributed by atoms with Crippen LogP contribution < -0.4 is 10.2 Å². The van der Waals surface area contributed by atoms with Crippen LogP contribution in [0.3, 0.4) is 0 Å². The van der Waals surface area contributed by atoms with Crippen LogP contribution in [0.2, 0.25) is 0 Å².